The fourth-order valence-electron chi connectivity index (χ4n) is 1.82. The second kappa shape index (κ2) is 6.31. The molecule has 0 saturated heterocycles. The van der Waals surface area contributed by atoms with Crippen molar-refractivity contribution in [3.8, 4) is 0 Å². The van der Waals surface area contributed by atoms with Gasteiger partial charge in [-0.2, -0.15) is 0 Å². The summed E-state index contributed by atoms with van der Waals surface area (Å²) in [6.45, 7) is 2.54. The van der Waals surface area contributed by atoms with Crippen LogP contribution >= 0.6 is 38.9 Å². The maximum Gasteiger partial charge on any atom is 0.163 e. The zero-order valence-corrected chi connectivity index (χ0v) is 13.2. The van der Waals surface area contributed by atoms with Crippen LogP contribution in [0.3, 0.4) is 0 Å². The van der Waals surface area contributed by atoms with Crippen LogP contribution in [0.4, 0.5) is 8.78 Å². The second-order valence-corrected chi connectivity index (χ2v) is 6.44. The lowest BCUT2D eigenvalue weighted by molar-refractivity contribution is 0.484. The maximum atomic E-state index is 13.9. The third-order valence-electron chi connectivity index (χ3n) is 2.65. The van der Waals surface area contributed by atoms with E-state index in [4.69, 9.17) is 11.6 Å². The summed E-state index contributed by atoms with van der Waals surface area (Å²) in [4.78, 5) is 0.836. The van der Waals surface area contributed by atoms with Crippen molar-refractivity contribution in [1.82, 2.24) is 5.32 Å². The van der Waals surface area contributed by atoms with Gasteiger partial charge in [0.1, 0.15) is 4.34 Å². The Hall–Kier alpha value is -0.490. The van der Waals surface area contributed by atoms with Gasteiger partial charge in [-0.1, -0.05) is 30.7 Å². The summed E-state index contributed by atoms with van der Waals surface area (Å²) in [6.07, 6.45) is 0. The predicted molar refractivity (Wildman–Crippen MR) is 78.9 cm³/mol. The largest absolute Gasteiger partial charge is 0.306 e. The Morgan fingerprint density at radius 1 is 1.42 bits per heavy atom. The molecule has 102 valence electrons. The molecule has 0 bridgehead atoms. The van der Waals surface area contributed by atoms with Gasteiger partial charge in [0.05, 0.1) is 6.04 Å². The molecule has 0 spiro atoms. The lowest BCUT2D eigenvalue weighted by Gasteiger charge is -2.17. The third kappa shape index (κ3) is 3.16. The third-order valence-corrected chi connectivity index (χ3v) is 5.19. The molecule has 1 heterocycles. The highest BCUT2D eigenvalue weighted by Crippen LogP contribution is 2.38. The molecular weight excluding hydrogens is 356 g/mol. The van der Waals surface area contributed by atoms with E-state index in [2.05, 4.69) is 21.2 Å². The van der Waals surface area contributed by atoms with E-state index in [0.717, 1.165) is 15.4 Å². The lowest BCUT2D eigenvalue weighted by Crippen LogP contribution is -2.22. The number of halogens is 4. The van der Waals surface area contributed by atoms with Crippen LogP contribution in [-0.2, 0) is 0 Å². The van der Waals surface area contributed by atoms with E-state index in [1.54, 1.807) is 6.07 Å². The van der Waals surface area contributed by atoms with Gasteiger partial charge in [-0.05, 0) is 34.6 Å². The molecule has 0 aliphatic heterocycles. The standard InChI is InChI=1S/C13H11BrClF2NS/c1-2-18-12(10-6-8(14)13(15)19-10)7-4-3-5-9(16)11(7)17/h3-6,12,18H,2H2,1H3. The van der Waals surface area contributed by atoms with Crippen LogP contribution in [-0.4, -0.2) is 6.54 Å². The maximum absolute atomic E-state index is 13.9. The zero-order chi connectivity index (χ0) is 14.0. The van der Waals surface area contributed by atoms with Gasteiger partial charge in [0.25, 0.3) is 0 Å². The molecule has 0 amide bonds. The van der Waals surface area contributed by atoms with Crippen molar-refractivity contribution in [1.29, 1.82) is 0 Å². The van der Waals surface area contributed by atoms with E-state index in [1.165, 1.54) is 17.4 Å². The Morgan fingerprint density at radius 2 is 2.16 bits per heavy atom. The van der Waals surface area contributed by atoms with Crippen molar-refractivity contribution in [2.75, 3.05) is 6.54 Å². The van der Waals surface area contributed by atoms with Crippen LogP contribution in [0.5, 0.6) is 0 Å². The number of rotatable bonds is 4. The van der Waals surface area contributed by atoms with Crippen molar-refractivity contribution in [2.45, 2.75) is 13.0 Å². The second-order valence-electron chi connectivity index (χ2n) is 3.90. The molecule has 1 unspecified atom stereocenters. The van der Waals surface area contributed by atoms with E-state index < -0.39 is 17.7 Å². The summed E-state index contributed by atoms with van der Waals surface area (Å²) in [5, 5.41) is 3.15. The lowest BCUT2D eigenvalue weighted by atomic mass is 10.0. The van der Waals surface area contributed by atoms with Crippen molar-refractivity contribution in [3.63, 3.8) is 0 Å². The summed E-state index contributed by atoms with van der Waals surface area (Å²) in [6, 6.07) is 5.61. The van der Waals surface area contributed by atoms with Crippen LogP contribution in [0.15, 0.2) is 28.7 Å². The van der Waals surface area contributed by atoms with Crippen molar-refractivity contribution in [3.05, 3.63) is 55.1 Å². The molecule has 1 aromatic heterocycles. The quantitative estimate of drug-likeness (QED) is 0.790. The van der Waals surface area contributed by atoms with Gasteiger partial charge in [-0.3, -0.25) is 0 Å². The minimum Gasteiger partial charge on any atom is -0.306 e. The summed E-state index contributed by atoms with van der Waals surface area (Å²) < 4.78 is 28.6. The smallest absolute Gasteiger partial charge is 0.163 e. The van der Waals surface area contributed by atoms with Gasteiger partial charge in [0.2, 0.25) is 0 Å². The molecule has 2 aromatic rings. The summed E-state index contributed by atoms with van der Waals surface area (Å²) >= 11 is 10.7. The van der Waals surface area contributed by atoms with E-state index in [1.807, 2.05) is 13.0 Å². The van der Waals surface area contributed by atoms with Gasteiger partial charge in [-0.25, -0.2) is 8.78 Å². The van der Waals surface area contributed by atoms with E-state index in [-0.39, 0.29) is 5.56 Å². The minimum atomic E-state index is -0.845. The molecule has 2 rings (SSSR count). The van der Waals surface area contributed by atoms with E-state index in [9.17, 15) is 8.78 Å². The molecule has 6 heteroatoms. The number of nitrogens with one attached hydrogen (secondary N) is 1. The van der Waals surface area contributed by atoms with Crippen LogP contribution in [0, 0.1) is 11.6 Å². The first-order chi connectivity index (χ1) is 9.04. The highest BCUT2D eigenvalue weighted by molar-refractivity contribution is 9.10. The van der Waals surface area contributed by atoms with Crippen LogP contribution < -0.4 is 5.32 Å². The van der Waals surface area contributed by atoms with Crippen LogP contribution in [0.25, 0.3) is 0 Å². The highest BCUT2D eigenvalue weighted by Gasteiger charge is 2.21. The molecule has 19 heavy (non-hydrogen) atoms. The predicted octanol–water partition coefficient (Wildman–Crippen LogP) is 5.14. The summed E-state index contributed by atoms with van der Waals surface area (Å²) in [5.74, 6) is -1.67. The Balaban J connectivity index is 2.48. The highest BCUT2D eigenvalue weighted by atomic mass is 79.9. The first-order valence-corrected chi connectivity index (χ1v) is 7.65. The van der Waals surface area contributed by atoms with Crippen molar-refractivity contribution in [2.24, 2.45) is 0 Å². The number of hydrogen-bond acceptors (Lipinski definition) is 2. The van der Waals surface area contributed by atoms with E-state index >= 15 is 0 Å². The van der Waals surface area contributed by atoms with Crippen molar-refractivity contribution >= 4 is 38.9 Å². The molecule has 1 aromatic carbocycles. The van der Waals surface area contributed by atoms with Crippen LogP contribution in [0.2, 0.25) is 4.34 Å². The molecule has 0 aliphatic carbocycles. The normalized spacial score (nSPS) is 12.7. The molecule has 1 N–H and O–H groups in total. The number of thiophene rings is 1. The van der Waals surface area contributed by atoms with Gasteiger partial charge < -0.3 is 5.32 Å². The monoisotopic (exact) mass is 365 g/mol. The van der Waals surface area contributed by atoms with Crippen molar-refractivity contribution < 1.29 is 8.78 Å². The average molecular weight is 367 g/mol. The van der Waals surface area contributed by atoms with Gasteiger partial charge >= 0.3 is 0 Å². The molecular formula is C13H11BrClF2NS. The Labute approximate surface area is 127 Å². The molecule has 0 fully saturated rings. The fourth-order valence-corrected chi connectivity index (χ4v) is 3.65. The number of hydrogen-bond donors (Lipinski definition) is 1. The zero-order valence-electron chi connectivity index (χ0n) is 10.0. The first-order valence-electron chi connectivity index (χ1n) is 5.66. The average Bonchev–Trinajstić information content (AvgIpc) is 2.70. The van der Waals surface area contributed by atoms with Gasteiger partial charge in [-0.15, -0.1) is 11.3 Å². The Kier molecular flexibility index (Phi) is 4.95. The SMILES string of the molecule is CCNC(c1cc(Br)c(Cl)s1)c1cccc(F)c1F. The van der Waals surface area contributed by atoms with Gasteiger partial charge in [0, 0.05) is 14.9 Å². The van der Waals surface area contributed by atoms with E-state index in [0.29, 0.717) is 10.9 Å². The summed E-state index contributed by atoms with van der Waals surface area (Å²) in [5.41, 5.74) is 0.285. The topological polar surface area (TPSA) is 12.0 Å². The number of benzene rings is 1. The fraction of sp³-hybridized carbons (Fsp3) is 0.231. The Morgan fingerprint density at radius 3 is 2.74 bits per heavy atom. The first kappa shape index (κ1) is 14.9. The summed E-state index contributed by atoms with van der Waals surface area (Å²) in [7, 11) is 0. The molecule has 0 radical (unpaired) electrons. The Bertz CT molecular complexity index is 569. The molecule has 1 atom stereocenters. The molecule has 0 saturated carbocycles. The molecule has 1 nitrogen and oxygen atoms in total. The minimum absolute atomic E-state index is 0.285. The van der Waals surface area contributed by atoms with Gasteiger partial charge in [0.15, 0.2) is 11.6 Å². The van der Waals surface area contributed by atoms with Crippen LogP contribution in [0.1, 0.15) is 23.4 Å². The molecule has 0 aliphatic rings.